The van der Waals surface area contributed by atoms with Gasteiger partial charge in [0, 0.05) is 0 Å². The first-order valence-corrected chi connectivity index (χ1v) is 3.98. The van der Waals surface area contributed by atoms with Crippen molar-refractivity contribution in [1.29, 1.82) is 0 Å². The molecule has 53 valence electrons. The zero-order chi connectivity index (χ0) is 6.91. The predicted molar refractivity (Wildman–Crippen MR) is 41.1 cm³/mol. The van der Waals surface area contributed by atoms with Gasteiger partial charge in [-0.25, -0.2) is 0 Å². The highest BCUT2D eigenvalue weighted by atomic mass is 14.4. The minimum Gasteiger partial charge on any atom is -0.0620 e. The summed E-state index contributed by atoms with van der Waals surface area (Å²) in [6, 6.07) is 0. The van der Waals surface area contributed by atoms with Crippen molar-refractivity contribution in [3.63, 3.8) is 0 Å². The Morgan fingerprint density at radius 1 is 1.67 bits per heavy atom. The number of hydrogen-bond acceptors (Lipinski definition) is 0. The maximum absolute atomic E-state index is 3.99. The van der Waals surface area contributed by atoms with Gasteiger partial charge in [0.15, 0.2) is 0 Å². The van der Waals surface area contributed by atoms with Gasteiger partial charge in [-0.1, -0.05) is 33.6 Å². The van der Waals surface area contributed by atoms with E-state index < -0.39 is 0 Å². The van der Waals surface area contributed by atoms with E-state index in [9.17, 15) is 0 Å². The van der Waals surface area contributed by atoms with E-state index in [1.165, 1.54) is 19.3 Å². The van der Waals surface area contributed by atoms with Crippen molar-refractivity contribution >= 4 is 0 Å². The summed E-state index contributed by atoms with van der Waals surface area (Å²) in [6.45, 7) is 8.72. The molecule has 0 nitrogen and oxygen atoms in total. The maximum Gasteiger partial charge on any atom is -0.0300 e. The van der Waals surface area contributed by atoms with Gasteiger partial charge >= 0.3 is 0 Å². The molecule has 0 aliphatic heterocycles. The van der Waals surface area contributed by atoms with Crippen molar-refractivity contribution in [3.05, 3.63) is 6.92 Å². The van der Waals surface area contributed by atoms with Gasteiger partial charge in [-0.05, 0) is 24.2 Å². The predicted octanol–water partition coefficient (Wildman–Crippen LogP) is 3.04. The summed E-state index contributed by atoms with van der Waals surface area (Å²) in [4.78, 5) is 0. The van der Waals surface area contributed by atoms with Crippen LogP contribution in [0.1, 0.15) is 39.5 Å². The molecule has 0 bridgehead atoms. The lowest BCUT2D eigenvalue weighted by atomic mass is 9.79. The molecule has 0 heterocycles. The molecular weight excluding hydrogens is 108 g/mol. The molecule has 9 heavy (non-hydrogen) atoms. The average Bonchev–Trinajstić information content (AvgIpc) is 2.15. The van der Waals surface area contributed by atoms with Gasteiger partial charge in [0.05, 0.1) is 0 Å². The van der Waals surface area contributed by atoms with Crippen LogP contribution in [0, 0.1) is 18.3 Å². The van der Waals surface area contributed by atoms with Gasteiger partial charge in [-0.3, -0.25) is 0 Å². The largest absolute Gasteiger partial charge is 0.0620 e. The molecule has 2 atom stereocenters. The van der Waals surface area contributed by atoms with Crippen LogP contribution in [-0.4, -0.2) is 0 Å². The topological polar surface area (TPSA) is 0 Å². The quantitative estimate of drug-likeness (QED) is 0.505. The fourth-order valence-electron chi connectivity index (χ4n) is 1.78. The Labute approximate surface area is 58.7 Å². The normalized spacial score (nSPS) is 43.7. The van der Waals surface area contributed by atoms with E-state index in [1.807, 2.05) is 0 Å². The Balaban J connectivity index is 2.56. The van der Waals surface area contributed by atoms with E-state index >= 15 is 0 Å². The Morgan fingerprint density at radius 3 is 2.56 bits per heavy atom. The van der Waals surface area contributed by atoms with E-state index in [2.05, 4.69) is 20.8 Å². The lowest BCUT2D eigenvalue weighted by molar-refractivity contribution is 0.249. The zero-order valence-electron chi connectivity index (χ0n) is 6.61. The van der Waals surface area contributed by atoms with Gasteiger partial charge in [0.2, 0.25) is 0 Å². The molecule has 1 saturated carbocycles. The van der Waals surface area contributed by atoms with Crippen molar-refractivity contribution in [1.82, 2.24) is 0 Å². The van der Waals surface area contributed by atoms with E-state index in [1.54, 1.807) is 0 Å². The zero-order valence-corrected chi connectivity index (χ0v) is 6.61. The van der Waals surface area contributed by atoms with Crippen molar-refractivity contribution in [2.45, 2.75) is 39.5 Å². The smallest absolute Gasteiger partial charge is 0.0300 e. The molecule has 0 aromatic rings. The second-order valence-corrected chi connectivity index (χ2v) is 3.70. The van der Waals surface area contributed by atoms with Gasteiger partial charge in [-0.2, -0.15) is 0 Å². The van der Waals surface area contributed by atoms with Crippen LogP contribution < -0.4 is 0 Å². The Morgan fingerprint density at radius 2 is 2.33 bits per heavy atom. The van der Waals surface area contributed by atoms with Crippen LogP contribution in [0.4, 0.5) is 0 Å². The fourth-order valence-corrected chi connectivity index (χ4v) is 1.78. The van der Waals surface area contributed by atoms with Crippen LogP contribution in [0.2, 0.25) is 0 Å². The minimum atomic E-state index is 0.583. The van der Waals surface area contributed by atoms with Crippen LogP contribution in [-0.2, 0) is 0 Å². The van der Waals surface area contributed by atoms with E-state index in [-0.39, 0.29) is 0 Å². The van der Waals surface area contributed by atoms with Crippen LogP contribution >= 0.6 is 0 Å². The molecule has 1 fully saturated rings. The molecule has 0 heteroatoms. The molecule has 1 radical (unpaired) electrons. The Hall–Kier alpha value is 0. The second kappa shape index (κ2) is 2.32. The lowest BCUT2D eigenvalue weighted by Crippen LogP contribution is -2.17. The SMILES string of the molecule is [CH2]CC1(C)CCCC1C. The molecule has 0 spiro atoms. The average molecular weight is 125 g/mol. The molecule has 0 N–H and O–H groups in total. The van der Waals surface area contributed by atoms with Gasteiger partial charge in [0.25, 0.3) is 0 Å². The maximum atomic E-state index is 3.99. The first kappa shape index (κ1) is 7.11. The standard InChI is InChI=1S/C9H17/c1-4-9(3)7-5-6-8(9)2/h8H,1,4-7H2,2-3H3. The number of hydrogen-bond donors (Lipinski definition) is 0. The van der Waals surface area contributed by atoms with Crippen molar-refractivity contribution in [2.24, 2.45) is 11.3 Å². The summed E-state index contributed by atoms with van der Waals surface area (Å²) < 4.78 is 0. The summed E-state index contributed by atoms with van der Waals surface area (Å²) in [5.41, 5.74) is 0.583. The van der Waals surface area contributed by atoms with Gasteiger partial charge in [-0.15, -0.1) is 0 Å². The highest BCUT2D eigenvalue weighted by molar-refractivity contribution is 4.86. The summed E-state index contributed by atoms with van der Waals surface area (Å²) in [6.07, 6.45) is 5.37. The molecule has 1 aliphatic rings. The summed E-state index contributed by atoms with van der Waals surface area (Å²) in [5.74, 6) is 0.912. The van der Waals surface area contributed by atoms with Crippen LogP contribution in [0.3, 0.4) is 0 Å². The van der Waals surface area contributed by atoms with Gasteiger partial charge < -0.3 is 0 Å². The van der Waals surface area contributed by atoms with Gasteiger partial charge in [0.1, 0.15) is 0 Å². The first-order valence-electron chi connectivity index (χ1n) is 3.98. The van der Waals surface area contributed by atoms with Crippen LogP contribution in [0.15, 0.2) is 0 Å². The summed E-state index contributed by atoms with van der Waals surface area (Å²) in [5, 5.41) is 0. The molecule has 0 aromatic heterocycles. The molecular formula is C9H17. The third-order valence-corrected chi connectivity index (χ3v) is 3.15. The molecule has 0 amide bonds. The molecule has 2 unspecified atom stereocenters. The van der Waals surface area contributed by atoms with E-state index in [4.69, 9.17) is 0 Å². The van der Waals surface area contributed by atoms with E-state index in [0.29, 0.717) is 5.41 Å². The molecule has 1 aliphatic carbocycles. The highest BCUT2D eigenvalue weighted by Gasteiger charge is 2.33. The third kappa shape index (κ3) is 1.12. The molecule has 0 saturated heterocycles. The third-order valence-electron chi connectivity index (χ3n) is 3.15. The second-order valence-electron chi connectivity index (χ2n) is 3.70. The fraction of sp³-hybridized carbons (Fsp3) is 0.889. The van der Waals surface area contributed by atoms with E-state index in [0.717, 1.165) is 12.3 Å². The first-order chi connectivity index (χ1) is 4.19. The highest BCUT2D eigenvalue weighted by Crippen LogP contribution is 2.44. The van der Waals surface area contributed by atoms with Crippen molar-refractivity contribution in [3.8, 4) is 0 Å². The summed E-state index contributed by atoms with van der Waals surface area (Å²) in [7, 11) is 0. The van der Waals surface area contributed by atoms with Crippen molar-refractivity contribution in [2.75, 3.05) is 0 Å². The van der Waals surface area contributed by atoms with Crippen LogP contribution in [0.25, 0.3) is 0 Å². The Kier molecular flexibility index (Phi) is 1.83. The lowest BCUT2D eigenvalue weighted by Gasteiger charge is -2.27. The van der Waals surface area contributed by atoms with Crippen LogP contribution in [0.5, 0.6) is 0 Å². The van der Waals surface area contributed by atoms with Crippen molar-refractivity contribution < 1.29 is 0 Å². The summed E-state index contributed by atoms with van der Waals surface area (Å²) >= 11 is 0. The monoisotopic (exact) mass is 125 g/mol. The molecule has 0 aromatic carbocycles. The Bertz CT molecular complexity index is 96.2. The number of rotatable bonds is 1. The minimum absolute atomic E-state index is 0.583. The molecule has 1 rings (SSSR count).